The summed E-state index contributed by atoms with van der Waals surface area (Å²) < 4.78 is 0. The van der Waals surface area contributed by atoms with Gasteiger partial charge in [0, 0.05) is 27.9 Å². The summed E-state index contributed by atoms with van der Waals surface area (Å²) in [4.78, 5) is 24.5. The van der Waals surface area contributed by atoms with Crippen LogP contribution in [0.5, 0.6) is 0 Å². The zero-order valence-corrected chi connectivity index (χ0v) is 14.6. The minimum atomic E-state index is -0.240. The van der Waals surface area contributed by atoms with Gasteiger partial charge in [-0.2, -0.15) is 0 Å². The van der Waals surface area contributed by atoms with Gasteiger partial charge in [0.1, 0.15) is 0 Å². The molecule has 0 heterocycles. The Morgan fingerprint density at radius 2 is 1.62 bits per heavy atom. The number of carbonyl (C=O) groups excluding carboxylic acids is 2. The molecule has 24 heavy (non-hydrogen) atoms. The number of amides is 2. The van der Waals surface area contributed by atoms with Crippen LogP contribution < -0.4 is 10.6 Å². The lowest BCUT2D eigenvalue weighted by atomic mass is 10.0. The molecule has 0 aliphatic heterocycles. The summed E-state index contributed by atoms with van der Waals surface area (Å²) in [6.45, 7) is 3.98. The summed E-state index contributed by atoms with van der Waals surface area (Å²) in [7, 11) is 0. The van der Waals surface area contributed by atoms with Gasteiger partial charge in [-0.15, -0.1) is 0 Å². The van der Waals surface area contributed by atoms with Gasteiger partial charge in [0.05, 0.1) is 0 Å². The lowest BCUT2D eigenvalue weighted by Crippen LogP contribution is -2.22. The van der Waals surface area contributed by atoms with Crippen LogP contribution in [0.25, 0.3) is 0 Å². The molecule has 126 valence electrons. The van der Waals surface area contributed by atoms with Gasteiger partial charge in [-0.1, -0.05) is 31.5 Å². The first-order chi connectivity index (χ1) is 11.5. The van der Waals surface area contributed by atoms with E-state index in [0.29, 0.717) is 22.0 Å². The number of halogens is 1. The third kappa shape index (κ3) is 4.83. The highest BCUT2D eigenvalue weighted by molar-refractivity contribution is 6.30. The van der Waals surface area contributed by atoms with E-state index in [-0.39, 0.29) is 17.7 Å². The maximum absolute atomic E-state index is 12.3. The van der Waals surface area contributed by atoms with Crippen molar-refractivity contribution in [1.82, 2.24) is 0 Å². The van der Waals surface area contributed by atoms with Gasteiger partial charge in [-0.25, -0.2) is 0 Å². The maximum atomic E-state index is 12.3. The average molecular weight is 345 g/mol. The number of anilines is 2. The summed E-state index contributed by atoms with van der Waals surface area (Å²) >= 11 is 5.83. The molecule has 2 aromatic carbocycles. The van der Waals surface area contributed by atoms with E-state index in [1.807, 2.05) is 13.8 Å². The third-order valence-corrected chi connectivity index (χ3v) is 4.10. The Morgan fingerprint density at radius 3 is 2.25 bits per heavy atom. The molecule has 0 bridgehead atoms. The van der Waals surface area contributed by atoms with Crippen molar-refractivity contribution in [3.8, 4) is 0 Å². The van der Waals surface area contributed by atoms with Crippen molar-refractivity contribution in [1.29, 1.82) is 0 Å². The Kier molecular flexibility index (Phi) is 6.38. The predicted molar refractivity (Wildman–Crippen MR) is 98.5 cm³/mol. The minimum Gasteiger partial charge on any atom is -0.326 e. The highest BCUT2D eigenvalue weighted by Gasteiger charge is 2.15. The Labute approximate surface area is 147 Å². The second-order valence-electron chi connectivity index (χ2n) is 5.54. The number of rotatable bonds is 6. The molecular formula is C19H21ClN2O2. The van der Waals surface area contributed by atoms with Gasteiger partial charge >= 0.3 is 0 Å². The summed E-state index contributed by atoms with van der Waals surface area (Å²) in [5, 5.41) is 6.29. The van der Waals surface area contributed by atoms with E-state index in [4.69, 9.17) is 11.6 Å². The second kappa shape index (κ2) is 8.50. The van der Waals surface area contributed by atoms with Crippen molar-refractivity contribution < 1.29 is 9.59 Å². The van der Waals surface area contributed by atoms with Gasteiger partial charge in [0.2, 0.25) is 5.91 Å². The molecule has 2 rings (SSSR count). The first-order valence-corrected chi connectivity index (χ1v) is 8.39. The molecule has 0 saturated carbocycles. The van der Waals surface area contributed by atoms with Gasteiger partial charge in [-0.05, 0) is 55.3 Å². The highest BCUT2D eigenvalue weighted by Crippen LogP contribution is 2.17. The molecular weight excluding hydrogens is 324 g/mol. The van der Waals surface area contributed by atoms with Gasteiger partial charge < -0.3 is 10.6 Å². The second-order valence-corrected chi connectivity index (χ2v) is 5.98. The van der Waals surface area contributed by atoms with Crippen molar-refractivity contribution >= 4 is 34.8 Å². The van der Waals surface area contributed by atoms with E-state index in [9.17, 15) is 9.59 Å². The summed E-state index contributed by atoms with van der Waals surface area (Å²) in [6.07, 6.45) is 1.58. The summed E-state index contributed by atoms with van der Waals surface area (Å²) in [5.41, 5.74) is 1.76. The molecule has 5 heteroatoms. The molecule has 0 aliphatic carbocycles. The Bertz CT molecular complexity index is 710. The Morgan fingerprint density at radius 1 is 0.958 bits per heavy atom. The van der Waals surface area contributed by atoms with Crippen LogP contribution in [-0.4, -0.2) is 11.8 Å². The Hall–Kier alpha value is -2.33. The molecule has 0 radical (unpaired) electrons. The van der Waals surface area contributed by atoms with Crippen LogP contribution in [0.1, 0.15) is 37.0 Å². The van der Waals surface area contributed by atoms with Crippen molar-refractivity contribution in [3.05, 3.63) is 59.1 Å². The fourth-order valence-corrected chi connectivity index (χ4v) is 2.50. The van der Waals surface area contributed by atoms with Crippen molar-refractivity contribution in [3.63, 3.8) is 0 Å². The predicted octanol–water partition coefficient (Wildman–Crippen LogP) is 4.97. The summed E-state index contributed by atoms with van der Waals surface area (Å²) in [5.74, 6) is -0.275. The molecule has 4 nitrogen and oxygen atoms in total. The molecule has 0 aromatic heterocycles. The molecule has 2 aromatic rings. The van der Waals surface area contributed by atoms with E-state index in [1.54, 1.807) is 48.5 Å². The molecule has 0 fully saturated rings. The van der Waals surface area contributed by atoms with Crippen LogP contribution >= 0.6 is 11.6 Å². The van der Waals surface area contributed by atoms with E-state index >= 15 is 0 Å². The zero-order valence-electron chi connectivity index (χ0n) is 13.8. The van der Waals surface area contributed by atoms with Crippen LogP contribution in [0.3, 0.4) is 0 Å². The monoisotopic (exact) mass is 344 g/mol. The molecule has 0 atom stereocenters. The van der Waals surface area contributed by atoms with Crippen LogP contribution in [0.15, 0.2) is 48.5 Å². The fourth-order valence-electron chi connectivity index (χ4n) is 2.38. The first kappa shape index (κ1) is 18.0. The number of carbonyl (C=O) groups is 2. The molecule has 0 saturated heterocycles. The quantitative estimate of drug-likeness (QED) is 0.777. The fraction of sp³-hybridized carbons (Fsp3) is 0.263. The topological polar surface area (TPSA) is 58.2 Å². The zero-order chi connectivity index (χ0) is 17.5. The minimum absolute atomic E-state index is 0.0171. The van der Waals surface area contributed by atoms with E-state index in [1.165, 1.54) is 0 Å². The summed E-state index contributed by atoms with van der Waals surface area (Å²) in [6, 6.07) is 13.8. The maximum Gasteiger partial charge on any atom is 0.255 e. The van der Waals surface area contributed by atoms with Gasteiger partial charge in [-0.3, -0.25) is 9.59 Å². The van der Waals surface area contributed by atoms with Gasteiger partial charge in [0.25, 0.3) is 5.91 Å². The number of nitrogens with one attached hydrogen (secondary N) is 2. The molecule has 2 N–H and O–H groups in total. The van der Waals surface area contributed by atoms with Crippen LogP contribution in [0.4, 0.5) is 11.4 Å². The SMILES string of the molecule is CCC(CC)C(=O)Nc1cccc(C(=O)Nc2ccc(Cl)cc2)c1. The highest BCUT2D eigenvalue weighted by atomic mass is 35.5. The van der Waals surface area contributed by atoms with Crippen molar-refractivity contribution in [2.24, 2.45) is 5.92 Å². The van der Waals surface area contributed by atoms with Crippen LogP contribution in [0.2, 0.25) is 5.02 Å². The van der Waals surface area contributed by atoms with Gasteiger partial charge in [0.15, 0.2) is 0 Å². The van der Waals surface area contributed by atoms with Crippen molar-refractivity contribution in [2.75, 3.05) is 10.6 Å². The van der Waals surface area contributed by atoms with Crippen LogP contribution in [0, 0.1) is 5.92 Å². The van der Waals surface area contributed by atoms with E-state index < -0.39 is 0 Å². The molecule has 0 unspecified atom stereocenters. The number of benzene rings is 2. The lowest BCUT2D eigenvalue weighted by molar-refractivity contribution is -0.120. The largest absolute Gasteiger partial charge is 0.326 e. The number of hydrogen-bond donors (Lipinski definition) is 2. The third-order valence-electron chi connectivity index (χ3n) is 3.85. The van der Waals surface area contributed by atoms with E-state index in [2.05, 4.69) is 10.6 Å². The Balaban J connectivity index is 2.07. The standard InChI is InChI=1S/C19H21ClN2O2/c1-3-13(4-2)18(23)22-17-7-5-6-14(12-17)19(24)21-16-10-8-15(20)9-11-16/h5-13H,3-4H2,1-2H3,(H,21,24)(H,22,23). The molecule has 0 spiro atoms. The van der Waals surface area contributed by atoms with Crippen LogP contribution in [-0.2, 0) is 4.79 Å². The van der Waals surface area contributed by atoms with Crippen molar-refractivity contribution in [2.45, 2.75) is 26.7 Å². The smallest absolute Gasteiger partial charge is 0.255 e. The molecule has 0 aliphatic rings. The molecule has 2 amide bonds. The first-order valence-electron chi connectivity index (χ1n) is 8.01. The van der Waals surface area contributed by atoms with E-state index in [0.717, 1.165) is 12.8 Å². The lowest BCUT2D eigenvalue weighted by Gasteiger charge is -2.13. The normalized spacial score (nSPS) is 10.5. The number of hydrogen-bond acceptors (Lipinski definition) is 2. The average Bonchev–Trinajstić information content (AvgIpc) is 2.58.